The largest absolute Gasteiger partial charge is 0.466 e. The second kappa shape index (κ2) is 41.1. The van der Waals surface area contributed by atoms with Crippen molar-refractivity contribution in [2.75, 3.05) is 152 Å². The Morgan fingerprint density at radius 3 is 0.889 bits per heavy atom. The second-order valence-electron chi connectivity index (χ2n) is 9.71. The number of ether oxygens (including phenoxy) is 12. The van der Waals surface area contributed by atoms with Gasteiger partial charge in [0.25, 0.3) is 0 Å². The van der Waals surface area contributed by atoms with Crippen molar-refractivity contribution in [3.63, 3.8) is 0 Å². The van der Waals surface area contributed by atoms with Crippen LogP contribution in [-0.2, 0) is 61.6 Å². The molecule has 0 unspecified atom stereocenters. The minimum absolute atomic E-state index is 0.249. The number of unbranched alkanes of at least 4 members (excludes halogenated alkanes) is 4. The smallest absolute Gasteiger partial charge is 0.308 e. The van der Waals surface area contributed by atoms with E-state index in [0.29, 0.717) is 145 Å². The molecule has 0 saturated carbocycles. The van der Waals surface area contributed by atoms with Gasteiger partial charge in [0.2, 0.25) is 0 Å². The first-order chi connectivity index (χ1) is 22.3. The van der Waals surface area contributed by atoms with E-state index in [2.05, 4.69) is 6.92 Å². The van der Waals surface area contributed by atoms with Crippen molar-refractivity contribution in [2.24, 2.45) is 0 Å². The lowest BCUT2D eigenvalue weighted by Crippen LogP contribution is -2.15. The quantitative estimate of drug-likeness (QED) is 0.0709. The first-order valence-electron chi connectivity index (χ1n) is 16.8. The van der Waals surface area contributed by atoms with Gasteiger partial charge in [-0.3, -0.25) is 4.79 Å². The van der Waals surface area contributed by atoms with Gasteiger partial charge in [-0.1, -0.05) is 32.6 Å². The van der Waals surface area contributed by atoms with Crippen molar-refractivity contribution in [1.82, 2.24) is 0 Å². The van der Waals surface area contributed by atoms with Crippen LogP contribution in [0.1, 0.15) is 52.4 Å². The molecule has 0 aliphatic carbocycles. The highest BCUT2D eigenvalue weighted by Crippen LogP contribution is 2.02. The summed E-state index contributed by atoms with van der Waals surface area (Å²) in [5, 5.41) is 0. The molecule has 0 aliphatic heterocycles. The zero-order chi connectivity index (χ0) is 32.6. The van der Waals surface area contributed by atoms with E-state index in [-0.39, 0.29) is 12.4 Å². The third-order valence-corrected chi connectivity index (χ3v) is 5.87. The molecule has 45 heavy (non-hydrogen) atoms. The molecule has 0 aromatic carbocycles. The maximum Gasteiger partial charge on any atom is 0.308 e. The standard InChI is InChI=1S/C32H64O13/c1-3-5-6-7-8-10-34-12-14-36-16-18-38-20-22-40-24-26-42-28-30-44-31-29-43-27-25-41-23-21-39-19-17-37-15-13-35-11-9-32(33)45-4-2/h3-31H2,1-2H3. The molecule has 0 bridgehead atoms. The van der Waals surface area contributed by atoms with Gasteiger partial charge in [0, 0.05) is 6.61 Å². The lowest BCUT2D eigenvalue weighted by atomic mass is 10.2. The van der Waals surface area contributed by atoms with Crippen LogP contribution < -0.4 is 0 Å². The normalized spacial score (nSPS) is 11.4. The van der Waals surface area contributed by atoms with E-state index in [0.717, 1.165) is 13.0 Å². The van der Waals surface area contributed by atoms with E-state index in [9.17, 15) is 4.79 Å². The molecule has 0 atom stereocenters. The van der Waals surface area contributed by atoms with Gasteiger partial charge in [0.15, 0.2) is 0 Å². The first-order valence-corrected chi connectivity index (χ1v) is 16.8. The van der Waals surface area contributed by atoms with Gasteiger partial charge in [0.05, 0.1) is 152 Å². The van der Waals surface area contributed by atoms with Crippen LogP contribution in [0.3, 0.4) is 0 Å². The minimum Gasteiger partial charge on any atom is -0.466 e. The Labute approximate surface area is 272 Å². The number of hydrogen-bond donors (Lipinski definition) is 0. The molecule has 0 spiro atoms. The SMILES string of the molecule is CCCCCCCOCCOCCOCCOCCOCCOCCOCCOCCOCCOCCOCCC(=O)OCC. The summed E-state index contributed by atoms with van der Waals surface area (Å²) >= 11 is 0. The van der Waals surface area contributed by atoms with Gasteiger partial charge in [-0.05, 0) is 13.3 Å². The number of hydrogen-bond acceptors (Lipinski definition) is 13. The van der Waals surface area contributed by atoms with Gasteiger partial charge in [-0.25, -0.2) is 0 Å². The number of carbonyl (C=O) groups excluding carboxylic acids is 1. The van der Waals surface area contributed by atoms with Crippen molar-refractivity contribution < 1.29 is 61.6 Å². The summed E-state index contributed by atoms with van der Waals surface area (Å²) in [6.07, 6.45) is 6.53. The molecule has 0 fully saturated rings. The van der Waals surface area contributed by atoms with Crippen molar-refractivity contribution in [3.8, 4) is 0 Å². The van der Waals surface area contributed by atoms with E-state index in [1.807, 2.05) is 0 Å². The van der Waals surface area contributed by atoms with Crippen molar-refractivity contribution >= 4 is 5.97 Å². The van der Waals surface area contributed by atoms with Crippen LogP contribution in [0, 0.1) is 0 Å². The summed E-state index contributed by atoms with van der Waals surface area (Å²) < 4.78 is 64.8. The average molecular weight is 657 g/mol. The number of rotatable bonds is 40. The molecule has 0 aromatic rings. The Morgan fingerprint density at radius 1 is 0.333 bits per heavy atom. The third-order valence-electron chi connectivity index (χ3n) is 5.87. The Morgan fingerprint density at radius 2 is 0.600 bits per heavy atom. The van der Waals surface area contributed by atoms with E-state index >= 15 is 0 Å². The van der Waals surface area contributed by atoms with Crippen LogP contribution >= 0.6 is 0 Å². The van der Waals surface area contributed by atoms with Crippen molar-refractivity contribution in [3.05, 3.63) is 0 Å². The zero-order valence-electron chi connectivity index (χ0n) is 28.3. The summed E-state index contributed by atoms with van der Waals surface area (Å²) in [5.41, 5.74) is 0. The fourth-order valence-electron chi connectivity index (χ4n) is 3.50. The predicted octanol–water partition coefficient (Wildman–Crippen LogP) is 3.09. The molecule has 0 amide bonds. The summed E-state index contributed by atoms with van der Waals surface area (Å²) in [6.45, 7) is 15.9. The predicted molar refractivity (Wildman–Crippen MR) is 169 cm³/mol. The highest BCUT2D eigenvalue weighted by atomic mass is 16.6. The average Bonchev–Trinajstić information content (AvgIpc) is 3.04. The zero-order valence-corrected chi connectivity index (χ0v) is 28.3. The summed E-state index contributed by atoms with van der Waals surface area (Å²) in [6, 6.07) is 0. The molecule has 0 rings (SSSR count). The van der Waals surface area contributed by atoms with Crippen molar-refractivity contribution in [2.45, 2.75) is 52.4 Å². The molecule has 0 saturated heterocycles. The topological polar surface area (TPSA) is 128 Å². The van der Waals surface area contributed by atoms with Gasteiger partial charge in [0.1, 0.15) is 0 Å². The summed E-state index contributed by atoms with van der Waals surface area (Å²) in [7, 11) is 0. The Hall–Kier alpha value is -0.970. The highest BCUT2D eigenvalue weighted by Gasteiger charge is 2.01. The maximum atomic E-state index is 11.1. The molecule has 0 N–H and O–H groups in total. The molecular weight excluding hydrogens is 592 g/mol. The van der Waals surface area contributed by atoms with Gasteiger partial charge < -0.3 is 56.8 Å². The van der Waals surface area contributed by atoms with E-state index < -0.39 is 0 Å². The second-order valence-corrected chi connectivity index (χ2v) is 9.71. The van der Waals surface area contributed by atoms with E-state index in [1.165, 1.54) is 25.7 Å². The fraction of sp³-hybridized carbons (Fsp3) is 0.969. The maximum absolute atomic E-state index is 11.1. The highest BCUT2D eigenvalue weighted by molar-refractivity contribution is 5.69. The fourth-order valence-corrected chi connectivity index (χ4v) is 3.50. The summed E-state index contributed by atoms with van der Waals surface area (Å²) in [5.74, 6) is -0.249. The first kappa shape index (κ1) is 44.0. The lowest BCUT2D eigenvalue weighted by Gasteiger charge is -2.09. The molecule has 0 aromatic heterocycles. The summed E-state index contributed by atoms with van der Waals surface area (Å²) in [4.78, 5) is 11.1. The molecule has 13 nitrogen and oxygen atoms in total. The van der Waals surface area contributed by atoms with Crippen LogP contribution in [0.25, 0.3) is 0 Å². The molecule has 0 radical (unpaired) electrons. The number of carbonyl (C=O) groups is 1. The minimum atomic E-state index is -0.249. The third kappa shape index (κ3) is 41.0. The monoisotopic (exact) mass is 656 g/mol. The van der Waals surface area contributed by atoms with Crippen LogP contribution in [-0.4, -0.2) is 158 Å². The molecule has 270 valence electrons. The Kier molecular flexibility index (Phi) is 40.2. The van der Waals surface area contributed by atoms with Crippen molar-refractivity contribution in [1.29, 1.82) is 0 Å². The van der Waals surface area contributed by atoms with Gasteiger partial charge in [-0.15, -0.1) is 0 Å². The van der Waals surface area contributed by atoms with E-state index in [4.69, 9.17) is 56.8 Å². The van der Waals surface area contributed by atoms with Crippen LogP contribution in [0.5, 0.6) is 0 Å². The van der Waals surface area contributed by atoms with Crippen LogP contribution in [0.15, 0.2) is 0 Å². The molecule has 0 heterocycles. The lowest BCUT2D eigenvalue weighted by molar-refractivity contribution is -0.144. The molecule has 0 aliphatic rings. The van der Waals surface area contributed by atoms with Gasteiger partial charge in [-0.2, -0.15) is 0 Å². The van der Waals surface area contributed by atoms with E-state index in [1.54, 1.807) is 6.92 Å². The van der Waals surface area contributed by atoms with Gasteiger partial charge >= 0.3 is 5.97 Å². The van der Waals surface area contributed by atoms with Crippen LogP contribution in [0.2, 0.25) is 0 Å². The Balaban J connectivity index is 3.05. The number of esters is 1. The van der Waals surface area contributed by atoms with Crippen LogP contribution in [0.4, 0.5) is 0 Å². The Bertz CT molecular complexity index is 557. The molecule has 13 heteroatoms. The molecular formula is C32H64O13.